The Labute approximate surface area is 97.7 Å². The van der Waals surface area contributed by atoms with E-state index in [1.807, 2.05) is 0 Å². The van der Waals surface area contributed by atoms with Gasteiger partial charge in [0.15, 0.2) is 5.11 Å². The van der Waals surface area contributed by atoms with E-state index in [1.54, 1.807) is 18.2 Å². The summed E-state index contributed by atoms with van der Waals surface area (Å²) in [6, 6.07) is 5.02. The zero-order valence-electron chi connectivity index (χ0n) is 7.77. The molecule has 15 heavy (non-hydrogen) atoms. The molecule has 0 aliphatic carbocycles. The predicted molar refractivity (Wildman–Crippen MR) is 65.2 cm³/mol. The van der Waals surface area contributed by atoms with Gasteiger partial charge < -0.3 is 10.8 Å². The number of benzene rings is 1. The molecule has 0 bridgehead atoms. The number of halogens is 1. The van der Waals surface area contributed by atoms with Crippen molar-refractivity contribution in [3.05, 3.63) is 29.3 Å². The Bertz CT molecular complexity index is 395. The van der Waals surface area contributed by atoms with Crippen LogP contribution < -0.4 is 11.2 Å². The fourth-order valence-corrected chi connectivity index (χ4v) is 1.17. The van der Waals surface area contributed by atoms with E-state index in [9.17, 15) is 5.11 Å². The Morgan fingerprint density at radius 2 is 2.40 bits per heavy atom. The van der Waals surface area contributed by atoms with Crippen LogP contribution in [0.4, 0.5) is 0 Å². The van der Waals surface area contributed by atoms with E-state index in [1.165, 1.54) is 6.21 Å². The van der Waals surface area contributed by atoms with Crippen LogP contribution in [0.5, 0.6) is 5.75 Å². The molecule has 0 saturated heterocycles. The third-order valence-corrected chi connectivity index (χ3v) is 2.02. The molecule has 0 fully saturated rings. The molecule has 6 heteroatoms. The van der Waals surface area contributed by atoms with Crippen molar-refractivity contribution in [1.82, 2.24) is 5.43 Å². The van der Waals surface area contributed by atoms with Gasteiger partial charge in [-0.05, 0) is 29.9 Å². The lowest BCUT2D eigenvalue weighted by Crippen LogP contribution is -2.24. The Morgan fingerprint density at radius 3 is 3.00 bits per heavy atom. The monoisotopic (exact) mass is 243 g/mol. The van der Waals surface area contributed by atoms with Gasteiger partial charge in [0.25, 0.3) is 0 Å². The smallest absolute Gasteiger partial charge is 0.184 e. The highest BCUT2D eigenvalue weighted by Gasteiger charge is 1.99. The normalized spacial score (nSPS) is 10.5. The van der Waals surface area contributed by atoms with Crippen LogP contribution in [0.15, 0.2) is 23.3 Å². The fraction of sp³-hybridized carbons (Fsp3) is 0.111. The van der Waals surface area contributed by atoms with Crippen molar-refractivity contribution >= 4 is 35.1 Å². The van der Waals surface area contributed by atoms with E-state index in [2.05, 4.69) is 22.7 Å². The molecule has 1 aromatic carbocycles. The maximum Gasteiger partial charge on any atom is 0.184 e. The van der Waals surface area contributed by atoms with Crippen LogP contribution in [-0.4, -0.2) is 16.4 Å². The first-order valence-electron chi connectivity index (χ1n) is 4.10. The number of aromatic hydroxyl groups is 1. The highest BCUT2D eigenvalue weighted by atomic mass is 35.5. The summed E-state index contributed by atoms with van der Waals surface area (Å²) in [5.74, 6) is 0.501. The SMILES string of the molecule is NC(=S)N/N=C/c1cc(CCl)ccc1O. The minimum Gasteiger partial charge on any atom is -0.507 e. The number of hydrogen-bond donors (Lipinski definition) is 3. The molecule has 1 aromatic rings. The Hall–Kier alpha value is -1.33. The summed E-state index contributed by atoms with van der Waals surface area (Å²) in [4.78, 5) is 0. The standard InChI is InChI=1S/C9H10ClN3OS/c10-4-6-1-2-8(14)7(3-6)5-12-13-9(11)15/h1-3,5,14H,4H2,(H3,11,13,15)/b12-5+. The maximum absolute atomic E-state index is 9.47. The maximum atomic E-state index is 9.47. The van der Waals surface area contributed by atoms with Crippen LogP contribution in [0.25, 0.3) is 0 Å². The molecule has 0 aromatic heterocycles. The van der Waals surface area contributed by atoms with Gasteiger partial charge in [0.2, 0.25) is 0 Å². The van der Waals surface area contributed by atoms with E-state index in [-0.39, 0.29) is 10.9 Å². The highest BCUT2D eigenvalue weighted by molar-refractivity contribution is 7.80. The van der Waals surface area contributed by atoms with Crippen molar-refractivity contribution in [3.8, 4) is 5.75 Å². The zero-order valence-corrected chi connectivity index (χ0v) is 9.35. The minimum atomic E-state index is 0.0687. The van der Waals surface area contributed by atoms with Gasteiger partial charge in [0, 0.05) is 11.4 Å². The van der Waals surface area contributed by atoms with Gasteiger partial charge >= 0.3 is 0 Å². The number of nitrogens with two attached hydrogens (primary N) is 1. The molecule has 0 unspecified atom stereocenters. The molecular formula is C9H10ClN3OS. The largest absolute Gasteiger partial charge is 0.507 e. The van der Waals surface area contributed by atoms with Crippen LogP contribution in [0.3, 0.4) is 0 Å². The van der Waals surface area contributed by atoms with Crippen LogP contribution in [0.2, 0.25) is 0 Å². The van der Waals surface area contributed by atoms with Crippen molar-refractivity contribution in [2.45, 2.75) is 5.88 Å². The van der Waals surface area contributed by atoms with E-state index in [4.69, 9.17) is 17.3 Å². The van der Waals surface area contributed by atoms with Crippen molar-refractivity contribution in [3.63, 3.8) is 0 Å². The number of phenols is 1. The molecule has 0 atom stereocenters. The highest BCUT2D eigenvalue weighted by Crippen LogP contribution is 2.17. The number of nitrogens with one attached hydrogen (secondary N) is 1. The van der Waals surface area contributed by atoms with E-state index in [0.717, 1.165) is 5.56 Å². The first-order chi connectivity index (χ1) is 7.13. The fourth-order valence-electron chi connectivity index (χ4n) is 0.956. The summed E-state index contributed by atoms with van der Waals surface area (Å²) in [5.41, 5.74) is 9.01. The minimum absolute atomic E-state index is 0.0687. The van der Waals surface area contributed by atoms with Crippen molar-refractivity contribution < 1.29 is 5.11 Å². The molecule has 1 rings (SSSR count). The average Bonchev–Trinajstić information content (AvgIpc) is 2.20. The second-order valence-electron chi connectivity index (χ2n) is 2.76. The number of thiocarbonyl (C=S) groups is 1. The molecule has 0 saturated carbocycles. The predicted octanol–water partition coefficient (Wildman–Crippen LogP) is 1.30. The van der Waals surface area contributed by atoms with E-state index in [0.29, 0.717) is 11.4 Å². The Morgan fingerprint density at radius 1 is 1.67 bits per heavy atom. The van der Waals surface area contributed by atoms with Crippen LogP contribution in [-0.2, 0) is 5.88 Å². The van der Waals surface area contributed by atoms with Gasteiger partial charge in [-0.2, -0.15) is 5.10 Å². The molecule has 0 heterocycles. The summed E-state index contributed by atoms with van der Waals surface area (Å²) in [7, 11) is 0. The Balaban J connectivity index is 2.83. The van der Waals surface area contributed by atoms with Crippen molar-refractivity contribution in [1.29, 1.82) is 0 Å². The summed E-state index contributed by atoms with van der Waals surface area (Å²) in [6.07, 6.45) is 1.42. The third-order valence-electron chi connectivity index (χ3n) is 1.62. The quantitative estimate of drug-likeness (QED) is 0.324. The van der Waals surface area contributed by atoms with Gasteiger partial charge in [-0.25, -0.2) is 0 Å². The van der Waals surface area contributed by atoms with Gasteiger partial charge in [0.1, 0.15) is 5.75 Å². The summed E-state index contributed by atoms with van der Waals surface area (Å²) >= 11 is 10.2. The first-order valence-corrected chi connectivity index (χ1v) is 5.04. The number of rotatable bonds is 3. The van der Waals surface area contributed by atoms with Crippen LogP contribution in [0, 0.1) is 0 Å². The molecule has 80 valence electrons. The second-order valence-corrected chi connectivity index (χ2v) is 3.47. The molecule has 0 amide bonds. The van der Waals surface area contributed by atoms with Gasteiger partial charge in [-0.15, -0.1) is 11.6 Å². The summed E-state index contributed by atoms with van der Waals surface area (Å²) in [5, 5.41) is 13.3. The van der Waals surface area contributed by atoms with Crippen molar-refractivity contribution in [2.24, 2.45) is 10.8 Å². The molecular weight excluding hydrogens is 234 g/mol. The number of phenolic OH excluding ortho intramolecular Hbond substituents is 1. The molecule has 0 radical (unpaired) electrons. The van der Waals surface area contributed by atoms with E-state index >= 15 is 0 Å². The molecule has 4 nitrogen and oxygen atoms in total. The first kappa shape index (κ1) is 11.7. The average molecular weight is 244 g/mol. The van der Waals surface area contributed by atoms with Gasteiger partial charge in [-0.3, -0.25) is 5.43 Å². The van der Waals surface area contributed by atoms with Crippen molar-refractivity contribution in [2.75, 3.05) is 0 Å². The summed E-state index contributed by atoms with van der Waals surface area (Å²) in [6.45, 7) is 0. The Kier molecular flexibility index (Phi) is 4.33. The lowest BCUT2D eigenvalue weighted by atomic mass is 10.1. The van der Waals surface area contributed by atoms with Crippen LogP contribution >= 0.6 is 23.8 Å². The van der Waals surface area contributed by atoms with E-state index < -0.39 is 0 Å². The molecule has 0 spiro atoms. The lowest BCUT2D eigenvalue weighted by molar-refractivity contribution is 0.474. The number of hydrazone groups is 1. The molecule has 4 N–H and O–H groups in total. The third kappa shape index (κ3) is 3.73. The second kappa shape index (κ2) is 5.53. The molecule has 0 aliphatic heterocycles. The number of nitrogens with zero attached hydrogens (tertiary/aromatic N) is 1. The number of alkyl halides is 1. The summed E-state index contributed by atoms with van der Waals surface area (Å²) < 4.78 is 0. The van der Waals surface area contributed by atoms with Gasteiger partial charge in [-0.1, -0.05) is 6.07 Å². The molecule has 0 aliphatic rings. The lowest BCUT2D eigenvalue weighted by Gasteiger charge is -2.01. The van der Waals surface area contributed by atoms with Crippen LogP contribution in [0.1, 0.15) is 11.1 Å². The number of hydrogen-bond acceptors (Lipinski definition) is 3. The van der Waals surface area contributed by atoms with Gasteiger partial charge in [0.05, 0.1) is 6.21 Å². The topological polar surface area (TPSA) is 70.6 Å². The zero-order chi connectivity index (χ0) is 11.3.